The van der Waals surface area contributed by atoms with Crippen molar-refractivity contribution >= 4 is 38.9 Å². The minimum absolute atomic E-state index is 0.449. The Hall–Kier alpha value is -0.310. The second kappa shape index (κ2) is 4.75. The zero-order valence-electron chi connectivity index (χ0n) is 9.14. The molecule has 1 aromatic carbocycles. The van der Waals surface area contributed by atoms with Crippen molar-refractivity contribution in [1.82, 2.24) is 0 Å². The Morgan fingerprint density at radius 2 is 1.94 bits per heavy atom. The van der Waals surface area contributed by atoms with Crippen LogP contribution in [0.1, 0.15) is 27.6 Å². The molecular formula is C14H12BrClS. The zero-order chi connectivity index (χ0) is 11.8. The molecular weight excluding hydrogens is 316 g/mol. The topological polar surface area (TPSA) is 0 Å². The Morgan fingerprint density at radius 3 is 2.59 bits per heavy atom. The van der Waals surface area contributed by atoms with Gasteiger partial charge in [-0.15, -0.1) is 11.3 Å². The summed E-state index contributed by atoms with van der Waals surface area (Å²) in [5.74, 6) is 1.42. The predicted octanol–water partition coefficient (Wildman–Crippen LogP) is 5.64. The van der Waals surface area contributed by atoms with E-state index in [0.717, 1.165) is 4.34 Å². The van der Waals surface area contributed by atoms with E-state index in [0.29, 0.717) is 16.7 Å². The van der Waals surface area contributed by atoms with Gasteiger partial charge in [0.25, 0.3) is 0 Å². The van der Waals surface area contributed by atoms with Crippen LogP contribution in [-0.4, -0.2) is 0 Å². The van der Waals surface area contributed by atoms with Crippen LogP contribution in [0.5, 0.6) is 0 Å². The van der Waals surface area contributed by atoms with Gasteiger partial charge in [-0.25, -0.2) is 0 Å². The van der Waals surface area contributed by atoms with Crippen LogP contribution in [-0.2, 0) is 0 Å². The highest BCUT2D eigenvalue weighted by atomic mass is 79.9. The van der Waals surface area contributed by atoms with Crippen molar-refractivity contribution in [3.63, 3.8) is 0 Å². The van der Waals surface area contributed by atoms with E-state index in [2.05, 4.69) is 52.3 Å². The van der Waals surface area contributed by atoms with Gasteiger partial charge in [0.2, 0.25) is 0 Å². The molecule has 1 aliphatic rings. The van der Waals surface area contributed by atoms with Crippen LogP contribution >= 0.6 is 38.9 Å². The lowest BCUT2D eigenvalue weighted by Crippen LogP contribution is -1.91. The van der Waals surface area contributed by atoms with Crippen molar-refractivity contribution in [3.8, 4) is 0 Å². The number of hydrogen-bond acceptors (Lipinski definition) is 1. The molecule has 0 bridgehead atoms. The van der Waals surface area contributed by atoms with Gasteiger partial charge in [-0.3, -0.25) is 0 Å². The second-order valence-electron chi connectivity index (χ2n) is 4.46. The van der Waals surface area contributed by atoms with Gasteiger partial charge in [0, 0.05) is 4.88 Å². The van der Waals surface area contributed by atoms with Gasteiger partial charge in [0.1, 0.15) is 0 Å². The highest BCUT2D eigenvalue weighted by Gasteiger charge is 2.43. The Morgan fingerprint density at radius 1 is 1.18 bits per heavy atom. The van der Waals surface area contributed by atoms with Gasteiger partial charge in [-0.05, 0) is 36.0 Å². The van der Waals surface area contributed by atoms with Gasteiger partial charge in [-0.1, -0.05) is 57.9 Å². The van der Waals surface area contributed by atoms with E-state index in [4.69, 9.17) is 11.6 Å². The van der Waals surface area contributed by atoms with Crippen LogP contribution in [0, 0.1) is 5.92 Å². The first-order valence-electron chi connectivity index (χ1n) is 5.70. The lowest BCUT2D eigenvalue weighted by molar-refractivity contribution is 0.798. The third kappa shape index (κ3) is 2.44. The van der Waals surface area contributed by atoms with Crippen LogP contribution in [0.15, 0.2) is 42.5 Å². The van der Waals surface area contributed by atoms with Gasteiger partial charge in [0.05, 0.1) is 9.16 Å². The predicted molar refractivity (Wildman–Crippen MR) is 78.3 cm³/mol. The van der Waals surface area contributed by atoms with Crippen molar-refractivity contribution in [2.45, 2.75) is 17.2 Å². The molecule has 0 spiro atoms. The zero-order valence-corrected chi connectivity index (χ0v) is 12.3. The smallest absolute Gasteiger partial charge is 0.0931 e. The molecule has 1 saturated carbocycles. The molecule has 1 heterocycles. The molecule has 3 unspecified atom stereocenters. The molecule has 17 heavy (non-hydrogen) atoms. The highest BCUT2D eigenvalue weighted by molar-refractivity contribution is 9.09. The summed E-state index contributed by atoms with van der Waals surface area (Å²) < 4.78 is 0.876. The Kier molecular flexibility index (Phi) is 3.29. The molecule has 0 radical (unpaired) electrons. The van der Waals surface area contributed by atoms with Gasteiger partial charge in [-0.2, -0.15) is 0 Å². The summed E-state index contributed by atoms with van der Waals surface area (Å²) in [4.78, 5) is 1.80. The summed E-state index contributed by atoms with van der Waals surface area (Å²) in [5, 5.41) is 0. The first-order chi connectivity index (χ1) is 8.25. The summed E-state index contributed by atoms with van der Waals surface area (Å²) in [5.41, 5.74) is 1.46. The largest absolute Gasteiger partial charge is 0.127 e. The average molecular weight is 328 g/mol. The Balaban J connectivity index is 1.73. The average Bonchev–Trinajstić information content (AvgIpc) is 3.05. The van der Waals surface area contributed by atoms with Crippen LogP contribution in [0.2, 0.25) is 4.34 Å². The lowest BCUT2D eigenvalue weighted by atomic mass is 10.1. The number of thiophene rings is 1. The normalized spacial score (nSPS) is 24.6. The van der Waals surface area contributed by atoms with Gasteiger partial charge in [0.15, 0.2) is 0 Å². The number of halogens is 2. The van der Waals surface area contributed by atoms with E-state index in [1.165, 1.54) is 16.9 Å². The summed E-state index contributed by atoms with van der Waals surface area (Å²) >= 11 is 11.5. The fourth-order valence-corrected chi connectivity index (χ4v) is 4.44. The SMILES string of the molecule is Clc1ccc(C(Br)C2CC2c2ccccc2)s1. The first-order valence-corrected chi connectivity index (χ1v) is 7.81. The van der Waals surface area contributed by atoms with E-state index in [1.807, 2.05) is 6.07 Å². The fourth-order valence-electron chi connectivity index (χ4n) is 2.31. The molecule has 3 heteroatoms. The summed E-state index contributed by atoms with van der Waals surface area (Å²) in [6.45, 7) is 0. The number of alkyl halides is 1. The molecule has 3 atom stereocenters. The van der Waals surface area contributed by atoms with Gasteiger partial charge >= 0.3 is 0 Å². The molecule has 1 aromatic heterocycles. The molecule has 1 fully saturated rings. The summed E-state index contributed by atoms with van der Waals surface area (Å²) in [6.07, 6.45) is 1.27. The molecule has 0 saturated heterocycles. The minimum atomic E-state index is 0.449. The fraction of sp³-hybridized carbons (Fsp3) is 0.286. The van der Waals surface area contributed by atoms with Gasteiger partial charge < -0.3 is 0 Å². The maximum Gasteiger partial charge on any atom is 0.0931 e. The number of rotatable bonds is 3. The molecule has 88 valence electrons. The molecule has 0 aliphatic heterocycles. The van der Waals surface area contributed by atoms with E-state index in [9.17, 15) is 0 Å². The monoisotopic (exact) mass is 326 g/mol. The Labute approximate surface area is 119 Å². The van der Waals surface area contributed by atoms with Crippen LogP contribution in [0.25, 0.3) is 0 Å². The first kappa shape index (κ1) is 11.8. The molecule has 0 amide bonds. The molecule has 1 aliphatic carbocycles. The molecule has 0 N–H and O–H groups in total. The van der Waals surface area contributed by atoms with Crippen LogP contribution < -0.4 is 0 Å². The highest BCUT2D eigenvalue weighted by Crippen LogP contribution is 2.58. The van der Waals surface area contributed by atoms with Crippen LogP contribution in [0.3, 0.4) is 0 Å². The Bertz CT molecular complexity index is 508. The van der Waals surface area contributed by atoms with Crippen molar-refractivity contribution in [1.29, 1.82) is 0 Å². The summed E-state index contributed by atoms with van der Waals surface area (Å²) in [6, 6.07) is 14.9. The van der Waals surface area contributed by atoms with E-state index < -0.39 is 0 Å². The number of benzene rings is 1. The second-order valence-corrected chi connectivity index (χ2v) is 7.19. The van der Waals surface area contributed by atoms with Crippen molar-refractivity contribution in [2.75, 3.05) is 0 Å². The maximum atomic E-state index is 5.98. The van der Waals surface area contributed by atoms with Crippen molar-refractivity contribution < 1.29 is 0 Å². The number of hydrogen-bond donors (Lipinski definition) is 0. The van der Waals surface area contributed by atoms with E-state index in [-0.39, 0.29) is 0 Å². The maximum absolute atomic E-state index is 5.98. The molecule has 3 rings (SSSR count). The molecule has 2 aromatic rings. The minimum Gasteiger partial charge on any atom is -0.127 e. The standard InChI is InChI=1S/C14H12BrClS/c15-14(12-6-7-13(16)17-12)11-8-10(11)9-4-2-1-3-5-9/h1-7,10-11,14H,8H2. The van der Waals surface area contributed by atoms with Crippen molar-refractivity contribution in [2.24, 2.45) is 5.92 Å². The van der Waals surface area contributed by atoms with E-state index in [1.54, 1.807) is 11.3 Å². The third-order valence-corrected chi connectivity index (χ3v) is 6.10. The van der Waals surface area contributed by atoms with E-state index >= 15 is 0 Å². The van der Waals surface area contributed by atoms with Crippen LogP contribution in [0.4, 0.5) is 0 Å². The lowest BCUT2D eigenvalue weighted by Gasteiger charge is -2.06. The molecule has 0 nitrogen and oxygen atoms in total. The quantitative estimate of drug-likeness (QED) is 0.640. The van der Waals surface area contributed by atoms with Crippen molar-refractivity contribution in [3.05, 3.63) is 57.2 Å². The third-order valence-electron chi connectivity index (χ3n) is 3.31. The summed E-state index contributed by atoms with van der Waals surface area (Å²) in [7, 11) is 0.